The Bertz CT molecular complexity index is 412. The summed E-state index contributed by atoms with van der Waals surface area (Å²) in [4.78, 5) is 14.9. The van der Waals surface area contributed by atoms with Crippen LogP contribution in [0.5, 0.6) is 0 Å². The predicted molar refractivity (Wildman–Crippen MR) is 50.9 cm³/mol. The number of rotatable bonds is 1. The van der Waals surface area contributed by atoms with Crippen molar-refractivity contribution in [3.8, 4) is 0 Å². The lowest BCUT2D eigenvalue weighted by Crippen LogP contribution is -2.22. The van der Waals surface area contributed by atoms with E-state index in [-0.39, 0.29) is 0 Å². The van der Waals surface area contributed by atoms with E-state index in [0.29, 0.717) is 17.3 Å². The van der Waals surface area contributed by atoms with E-state index in [1.807, 2.05) is 0 Å². The molecule has 2 N–H and O–H groups in total. The van der Waals surface area contributed by atoms with E-state index in [9.17, 15) is 4.79 Å². The Morgan fingerprint density at radius 2 is 2.31 bits per heavy atom. The lowest BCUT2D eigenvalue weighted by molar-refractivity contribution is -0.111. The number of aliphatic imine (C=N–C) groups is 1. The minimum Gasteiger partial charge on any atom is -0.364 e. The second-order valence-electron chi connectivity index (χ2n) is 2.83. The van der Waals surface area contributed by atoms with E-state index >= 15 is 0 Å². The molecule has 13 heavy (non-hydrogen) atoms. The van der Waals surface area contributed by atoms with Crippen LogP contribution in [0.1, 0.15) is 11.1 Å². The topological polar surface area (TPSA) is 55.5 Å². The number of fused-ring (bicyclic) bond motifs is 1. The van der Waals surface area contributed by atoms with Crippen molar-refractivity contribution >= 4 is 23.2 Å². The highest BCUT2D eigenvalue weighted by Crippen LogP contribution is 2.22. The first-order valence-electron chi connectivity index (χ1n) is 3.81. The number of hydrogen-bond acceptors (Lipinski definition) is 2. The van der Waals surface area contributed by atoms with Gasteiger partial charge in [0.1, 0.15) is 5.71 Å². The molecule has 0 saturated heterocycles. The molecule has 66 valence electrons. The highest BCUT2D eigenvalue weighted by Gasteiger charge is 2.19. The van der Waals surface area contributed by atoms with Gasteiger partial charge in [0, 0.05) is 10.6 Å². The highest BCUT2D eigenvalue weighted by molar-refractivity contribution is 6.46. The Morgan fingerprint density at radius 1 is 1.54 bits per heavy atom. The van der Waals surface area contributed by atoms with Gasteiger partial charge >= 0.3 is 0 Å². The molecule has 0 aliphatic carbocycles. The van der Waals surface area contributed by atoms with Crippen molar-refractivity contribution in [1.29, 1.82) is 0 Å². The minimum atomic E-state index is -0.485. The number of carbonyl (C=O) groups excluding carboxylic acids is 1. The maximum absolute atomic E-state index is 10.9. The summed E-state index contributed by atoms with van der Waals surface area (Å²) in [5, 5.41) is 0.652. The van der Waals surface area contributed by atoms with Crippen molar-refractivity contribution in [2.45, 2.75) is 6.54 Å². The number of primary amides is 1. The minimum absolute atomic E-state index is 0.353. The van der Waals surface area contributed by atoms with E-state index in [2.05, 4.69) is 4.99 Å². The summed E-state index contributed by atoms with van der Waals surface area (Å²) in [5.74, 6) is -0.485. The summed E-state index contributed by atoms with van der Waals surface area (Å²) >= 11 is 5.78. The first-order valence-corrected chi connectivity index (χ1v) is 4.19. The zero-order chi connectivity index (χ0) is 9.42. The molecule has 1 heterocycles. The van der Waals surface area contributed by atoms with Crippen LogP contribution in [0.2, 0.25) is 5.02 Å². The second-order valence-corrected chi connectivity index (χ2v) is 3.27. The molecule has 2 rings (SSSR count). The molecule has 4 heteroatoms. The Balaban J connectivity index is 2.51. The fourth-order valence-corrected chi connectivity index (χ4v) is 1.58. The average molecular weight is 195 g/mol. The lowest BCUT2D eigenvalue weighted by atomic mass is 10.1. The van der Waals surface area contributed by atoms with Gasteiger partial charge in [-0.1, -0.05) is 17.7 Å². The molecule has 0 saturated carbocycles. The Hall–Kier alpha value is -1.35. The van der Waals surface area contributed by atoms with Crippen LogP contribution >= 0.6 is 11.6 Å². The zero-order valence-electron chi connectivity index (χ0n) is 6.75. The molecule has 0 atom stereocenters. The second kappa shape index (κ2) is 2.85. The average Bonchev–Trinajstić information content (AvgIpc) is 2.46. The molecule has 1 aliphatic rings. The van der Waals surface area contributed by atoms with Crippen molar-refractivity contribution in [1.82, 2.24) is 0 Å². The summed E-state index contributed by atoms with van der Waals surface area (Å²) < 4.78 is 0. The number of carbonyl (C=O) groups is 1. The summed E-state index contributed by atoms with van der Waals surface area (Å²) in [7, 11) is 0. The van der Waals surface area contributed by atoms with Gasteiger partial charge in [0.25, 0.3) is 5.91 Å². The number of hydrogen-bond donors (Lipinski definition) is 1. The van der Waals surface area contributed by atoms with Crippen molar-refractivity contribution in [3.63, 3.8) is 0 Å². The van der Waals surface area contributed by atoms with Gasteiger partial charge in [-0.15, -0.1) is 0 Å². The van der Waals surface area contributed by atoms with Gasteiger partial charge in [0.2, 0.25) is 0 Å². The van der Waals surface area contributed by atoms with Gasteiger partial charge in [-0.25, -0.2) is 0 Å². The zero-order valence-corrected chi connectivity index (χ0v) is 7.51. The quantitative estimate of drug-likeness (QED) is 0.716. The van der Waals surface area contributed by atoms with Crippen LogP contribution < -0.4 is 5.73 Å². The van der Waals surface area contributed by atoms with E-state index in [1.165, 1.54) is 0 Å². The van der Waals surface area contributed by atoms with Crippen LogP contribution in [0, 0.1) is 0 Å². The first-order chi connectivity index (χ1) is 6.18. The van der Waals surface area contributed by atoms with Crippen LogP contribution in [0.4, 0.5) is 0 Å². The fourth-order valence-electron chi connectivity index (χ4n) is 1.38. The smallest absolute Gasteiger partial charge is 0.267 e. The van der Waals surface area contributed by atoms with Gasteiger partial charge in [0.15, 0.2) is 0 Å². The van der Waals surface area contributed by atoms with E-state index in [4.69, 9.17) is 17.3 Å². The molecule has 0 fully saturated rings. The highest BCUT2D eigenvalue weighted by atomic mass is 35.5. The van der Waals surface area contributed by atoms with Crippen molar-refractivity contribution in [2.24, 2.45) is 10.7 Å². The summed E-state index contributed by atoms with van der Waals surface area (Å²) in [6.45, 7) is 0.494. The monoisotopic (exact) mass is 194 g/mol. The summed E-state index contributed by atoms with van der Waals surface area (Å²) in [5.41, 5.74) is 7.26. The molecular formula is C9H7ClN2O. The third-order valence-corrected chi connectivity index (χ3v) is 2.20. The SMILES string of the molecule is NC(=O)C1=NCc2cc(Cl)ccc21. The molecule has 0 spiro atoms. The van der Waals surface area contributed by atoms with Gasteiger partial charge in [-0.05, 0) is 17.7 Å². The number of amides is 1. The molecule has 3 nitrogen and oxygen atoms in total. The number of nitrogens with two attached hydrogens (primary N) is 1. The maximum Gasteiger partial charge on any atom is 0.267 e. The molecule has 1 aliphatic heterocycles. The number of benzene rings is 1. The van der Waals surface area contributed by atoms with Crippen LogP contribution in [0.25, 0.3) is 0 Å². The molecule has 1 aromatic rings. The number of halogens is 1. The predicted octanol–water partition coefficient (Wildman–Crippen LogP) is 1.13. The first kappa shape index (κ1) is 8.26. The van der Waals surface area contributed by atoms with Crippen molar-refractivity contribution in [3.05, 3.63) is 34.3 Å². The Kier molecular flexibility index (Phi) is 1.81. The van der Waals surface area contributed by atoms with E-state index in [1.54, 1.807) is 18.2 Å². The third-order valence-electron chi connectivity index (χ3n) is 1.96. The van der Waals surface area contributed by atoms with Gasteiger partial charge in [-0.2, -0.15) is 0 Å². The molecule has 0 radical (unpaired) electrons. The molecule has 1 aromatic carbocycles. The largest absolute Gasteiger partial charge is 0.364 e. The molecule has 1 amide bonds. The fraction of sp³-hybridized carbons (Fsp3) is 0.111. The molecule has 0 unspecified atom stereocenters. The van der Waals surface area contributed by atoms with Crippen molar-refractivity contribution in [2.75, 3.05) is 0 Å². The van der Waals surface area contributed by atoms with Gasteiger partial charge < -0.3 is 5.73 Å². The van der Waals surface area contributed by atoms with Crippen molar-refractivity contribution < 1.29 is 4.79 Å². The Morgan fingerprint density at radius 3 is 3.00 bits per heavy atom. The maximum atomic E-state index is 10.9. The molecule has 0 bridgehead atoms. The van der Waals surface area contributed by atoms with E-state index < -0.39 is 5.91 Å². The van der Waals surface area contributed by atoms with E-state index in [0.717, 1.165) is 11.1 Å². The summed E-state index contributed by atoms with van der Waals surface area (Å²) in [6, 6.07) is 5.30. The van der Waals surface area contributed by atoms with Crippen LogP contribution in [0.3, 0.4) is 0 Å². The van der Waals surface area contributed by atoms with Gasteiger partial charge in [0.05, 0.1) is 6.54 Å². The lowest BCUT2D eigenvalue weighted by Gasteiger charge is -1.99. The van der Waals surface area contributed by atoms with Crippen LogP contribution in [-0.2, 0) is 11.3 Å². The standard InChI is InChI=1S/C9H7ClN2O/c10-6-1-2-7-5(3-6)4-12-8(7)9(11)13/h1-3H,4H2,(H2,11,13). The third kappa shape index (κ3) is 1.31. The normalized spacial score (nSPS) is 13.8. The van der Waals surface area contributed by atoms with Crippen LogP contribution in [-0.4, -0.2) is 11.6 Å². The molecular weight excluding hydrogens is 188 g/mol. The Labute approximate surface area is 80.2 Å². The number of nitrogens with zero attached hydrogens (tertiary/aromatic N) is 1. The van der Waals surface area contributed by atoms with Gasteiger partial charge in [-0.3, -0.25) is 9.79 Å². The van der Waals surface area contributed by atoms with Crippen LogP contribution in [0.15, 0.2) is 23.2 Å². The summed E-state index contributed by atoms with van der Waals surface area (Å²) in [6.07, 6.45) is 0. The molecule has 0 aromatic heterocycles.